The maximum atomic E-state index is 13.6. The molecule has 2 nitrogen and oxygen atoms in total. The molecule has 1 heterocycles. The number of nitrogens with zero attached hydrogens (tertiary/aromatic N) is 2. The zero-order valence-electron chi connectivity index (χ0n) is 10.3. The van der Waals surface area contributed by atoms with Gasteiger partial charge in [0, 0.05) is 12.6 Å². The van der Waals surface area contributed by atoms with E-state index >= 15 is 0 Å². The van der Waals surface area contributed by atoms with Crippen LogP contribution in [-0.2, 0) is 0 Å². The zero-order valence-corrected chi connectivity index (χ0v) is 10.3. The summed E-state index contributed by atoms with van der Waals surface area (Å²) in [6.45, 7) is 5.24. The van der Waals surface area contributed by atoms with E-state index in [1.807, 2.05) is 12.1 Å². The first-order chi connectivity index (χ1) is 8.13. The molecular formula is C14H17FN2. The van der Waals surface area contributed by atoms with Crippen LogP contribution in [0.2, 0.25) is 0 Å². The second-order valence-corrected chi connectivity index (χ2v) is 4.93. The average Bonchev–Trinajstić information content (AvgIpc) is 2.32. The molecule has 0 aromatic heterocycles. The molecule has 1 aromatic rings. The summed E-state index contributed by atoms with van der Waals surface area (Å²) in [6.07, 6.45) is 2.30. The van der Waals surface area contributed by atoms with E-state index in [2.05, 4.69) is 18.7 Å². The molecule has 17 heavy (non-hydrogen) atoms. The number of hydrogen-bond donors (Lipinski definition) is 0. The highest BCUT2D eigenvalue weighted by molar-refractivity contribution is 5.60. The van der Waals surface area contributed by atoms with E-state index in [0.717, 1.165) is 18.7 Å². The van der Waals surface area contributed by atoms with Crippen LogP contribution in [0.3, 0.4) is 0 Å². The topological polar surface area (TPSA) is 27.0 Å². The summed E-state index contributed by atoms with van der Waals surface area (Å²) in [5.74, 6) is 0.177. The molecule has 0 N–H and O–H groups in total. The lowest BCUT2D eigenvalue weighted by molar-refractivity contribution is 0.390. The highest BCUT2D eigenvalue weighted by atomic mass is 19.1. The fourth-order valence-corrected chi connectivity index (χ4v) is 2.49. The monoisotopic (exact) mass is 232 g/mol. The Kier molecular flexibility index (Phi) is 3.33. The number of anilines is 1. The molecule has 2 unspecified atom stereocenters. The molecule has 1 fully saturated rings. The van der Waals surface area contributed by atoms with Gasteiger partial charge in [0.15, 0.2) is 0 Å². The SMILES string of the molecule is CC1CCC(C)N(c2cccc(F)c2C#N)C1. The van der Waals surface area contributed by atoms with E-state index < -0.39 is 5.82 Å². The van der Waals surface area contributed by atoms with Crippen molar-refractivity contribution in [1.82, 2.24) is 0 Å². The molecule has 0 amide bonds. The lowest BCUT2D eigenvalue weighted by Crippen LogP contribution is -2.41. The van der Waals surface area contributed by atoms with Gasteiger partial charge in [-0.05, 0) is 37.8 Å². The molecule has 90 valence electrons. The van der Waals surface area contributed by atoms with E-state index in [9.17, 15) is 4.39 Å². The van der Waals surface area contributed by atoms with Crippen LogP contribution in [0, 0.1) is 23.1 Å². The Labute approximate surface area is 102 Å². The quantitative estimate of drug-likeness (QED) is 0.742. The molecular weight excluding hydrogens is 215 g/mol. The van der Waals surface area contributed by atoms with Gasteiger partial charge in [0.25, 0.3) is 0 Å². The third-order valence-corrected chi connectivity index (χ3v) is 3.53. The Morgan fingerprint density at radius 1 is 1.35 bits per heavy atom. The van der Waals surface area contributed by atoms with E-state index in [4.69, 9.17) is 5.26 Å². The highest BCUT2D eigenvalue weighted by Gasteiger charge is 2.25. The zero-order chi connectivity index (χ0) is 12.4. The third kappa shape index (κ3) is 2.26. The van der Waals surface area contributed by atoms with Crippen molar-refractivity contribution in [3.05, 3.63) is 29.6 Å². The summed E-state index contributed by atoms with van der Waals surface area (Å²) < 4.78 is 13.6. The van der Waals surface area contributed by atoms with Gasteiger partial charge in [-0.15, -0.1) is 0 Å². The molecule has 2 atom stereocenters. The van der Waals surface area contributed by atoms with Gasteiger partial charge in [0.2, 0.25) is 0 Å². The Balaban J connectivity index is 2.39. The second kappa shape index (κ2) is 4.75. The molecule has 0 saturated carbocycles. The smallest absolute Gasteiger partial charge is 0.143 e. The molecule has 1 aliphatic rings. The van der Waals surface area contributed by atoms with E-state index in [1.54, 1.807) is 6.07 Å². The fourth-order valence-electron chi connectivity index (χ4n) is 2.49. The molecule has 1 aliphatic heterocycles. The molecule has 1 aromatic carbocycles. The summed E-state index contributed by atoms with van der Waals surface area (Å²) >= 11 is 0. The molecule has 2 rings (SSSR count). The van der Waals surface area contributed by atoms with Crippen molar-refractivity contribution in [2.24, 2.45) is 5.92 Å². The van der Waals surface area contributed by atoms with E-state index in [1.165, 1.54) is 12.5 Å². The molecule has 0 radical (unpaired) electrons. The van der Waals surface area contributed by atoms with Crippen LogP contribution in [0.15, 0.2) is 18.2 Å². The van der Waals surface area contributed by atoms with Crippen LogP contribution < -0.4 is 4.90 Å². The van der Waals surface area contributed by atoms with Crippen LogP contribution >= 0.6 is 0 Å². The molecule has 0 spiro atoms. The summed E-state index contributed by atoms with van der Waals surface area (Å²) in [5, 5.41) is 9.07. The number of rotatable bonds is 1. The standard InChI is InChI=1S/C14H17FN2/c1-10-6-7-11(2)17(9-10)14-5-3-4-13(15)12(14)8-16/h3-5,10-11H,6-7,9H2,1-2H3. The van der Waals surface area contributed by atoms with Crippen LogP contribution in [0.4, 0.5) is 10.1 Å². The predicted molar refractivity (Wildman–Crippen MR) is 66.3 cm³/mol. The molecule has 3 heteroatoms. The van der Waals surface area contributed by atoms with Crippen LogP contribution in [0.1, 0.15) is 32.3 Å². The maximum absolute atomic E-state index is 13.6. The minimum atomic E-state index is -0.421. The van der Waals surface area contributed by atoms with Gasteiger partial charge in [0.1, 0.15) is 17.4 Å². The summed E-state index contributed by atoms with van der Waals surface area (Å²) in [4.78, 5) is 2.16. The second-order valence-electron chi connectivity index (χ2n) is 4.93. The van der Waals surface area contributed by atoms with Gasteiger partial charge in [-0.2, -0.15) is 5.26 Å². The molecule has 1 saturated heterocycles. The first-order valence-corrected chi connectivity index (χ1v) is 6.08. The summed E-state index contributed by atoms with van der Waals surface area (Å²) in [6, 6.07) is 7.22. The van der Waals surface area contributed by atoms with Gasteiger partial charge in [-0.3, -0.25) is 0 Å². The first kappa shape index (κ1) is 11.9. The molecule has 0 aliphatic carbocycles. The highest BCUT2D eigenvalue weighted by Crippen LogP contribution is 2.30. The van der Waals surface area contributed by atoms with Gasteiger partial charge in [-0.25, -0.2) is 4.39 Å². The third-order valence-electron chi connectivity index (χ3n) is 3.53. The van der Waals surface area contributed by atoms with Gasteiger partial charge >= 0.3 is 0 Å². The van der Waals surface area contributed by atoms with Crippen molar-refractivity contribution in [3.63, 3.8) is 0 Å². The maximum Gasteiger partial charge on any atom is 0.143 e. The number of piperidine rings is 1. The summed E-state index contributed by atoms with van der Waals surface area (Å²) in [5.41, 5.74) is 0.917. The van der Waals surface area contributed by atoms with Crippen molar-refractivity contribution in [2.45, 2.75) is 32.7 Å². The van der Waals surface area contributed by atoms with Crippen molar-refractivity contribution in [1.29, 1.82) is 5.26 Å². The van der Waals surface area contributed by atoms with Gasteiger partial charge in [-0.1, -0.05) is 13.0 Å². The number of hydrogen-bond acceptors (Lipinski definition) is 2. The van der Waals surface area contributed by atoms with Crippen molar-refractivity contribution >= 4 is 5.69 Å². The summed E-state index contributed by atoms with van der Waals surface area (Å²) in [7, 11) is 0. The predicted octanol–water partition coefficient (Wildman–Crippen LogP) is 3.32. The normalized spacial score (nSPS) is 24.5. The Hall–Kier alpha value is -1.56. The Morgan fingerprint density at radius 2 is 2.12 bits per heavy atom. The number of halogens is 1. The number of benzene rings is 1. The van der Waals surface area contributed by atoms with Crippen molar-refractivity contribution < 1.29 is 4.39 Å². The number of nitriles is 1. The molecule has 0 bridgehead atoms. The van der Waals surface area contributed by atoms with E-state index in [-0.39, 0.29) is 5.56 Å². The minimum Gasteiger partial charge on any atom is -0.367 e. The Bertz CT molecular complexity index is 450. The van der Waals surface area contributed by atoms with Gasteiger partial charge in [0.05, 0.1) is 5.69 Å². The van der Waals surface area contributed by atoms with Crippen LogP contribution in [0.5, 0.6) is 0 Å². The average molecular weight is 232 g/mol. The van der Waals surface area contributed by atoms with Crippen molar-refractivity contribution in [2.75, 3.05) is 11.4 Å². The minimum absolute atomic E-state index is 0.174. The van der Waals surface area contributed by atoms with Crippen LogP contribution in [-0.4, -0.2) is 12.6 Å². The van der Waals surface area contributed by atoms with Crippen molar-refractivity contribution in [3.8, 4) is 6.07 Å². The lowest BCUT2D eigenvalue weighted by atomic mass is 9.94. The van der Waals surface area contributed by atoms with Gasteiger partial charge < -0.3 is 4.90 Å². The fraction of sp³-hybridized carbons (Fsp3) is 0.500. The lowest BCUT2D eigenvalue weighted by Gasteiger charge is -2.39. The Morgan fingerprint density at radius 3 is 2.82 bits per heavy atom. The van der Waals surface area contributed by atoms with E-state index in [0.29, 0.717) is 12.0 Å². The largest absolute Gasteiger partial charge is 0.367 e. The van der Waals surface area contributed by atoms with Crippen LogP contribution in [0.25, 0.3) is 0 Å². The first-order valence-electron chi connectivity index (χ1n) is 6.08.